The Bertz CT molecular complexity index is 1140. The fourth-order valence-electron chi connectivity index (χ4n) is 3.55. The van der Waals surface area contributed by atoms with Crippen molar-refractivity contribution in [1.29, 1.82) is 0 Å². The summed E-state index contributed by atoms with van der Waals surface area (Å²) in [5.41, 5.74) is 7.50. The Morgan fingerprint density at radius 2 is 1.82 bits per heavy atom. The lowest BCUT2D eigenvalue weighted by Gasteiger charge is -2.23. The number of rotatable bonds is 3. The van der Waals surface area contributed by atoms with Crippen molar-refractivity contribution in [2.45, 2.75) is 26.7 Å². The molecule has 142 valence electrons. The van der Waals surface area contributed by atoms with Crippen molar-refractivity contribution in [2.75, 3.05) is 18.5 Å². The quantitative estimate of drug-likeness (QED) is 0.530. The molecule has 4 aromatic heterocycles. The number of nitrogens with zero attached hydrogens (tertiary/aromatic N) is 5. The Balaban J connectivity index is 0.000000932. The summed E-state index contributed by atoms with van der Waals surface area (Å²) in [5, 5.41) is 0. The van der Waals surface area contributed by atoms with Crippen LogP contribution in [0.2, 0.25) is 0 Å². The van der Waals surface area contributed by atoms with Crippen LogP contribution in [0, 0.1) is 0 Å². The van der Waals surface area contributed by atoms with E-state index in [-0.39, 0.29) is 0 Å². The van der Waals surface area contributed by atoms with Gasteiger partial charge >= 0.3 is 0 Å². The third-order valence-corrected chi connectivity index (χ3v) is 4.92. The number of hydrogen-bond acceptors (Lipinski definition) is 4. The molecule has 0 unspecified atom stereocenters. The Morgan fingerprint density at radius 1 is 0.964 bits per heavy atom. The topological polar surface area (TPSA) is 46.3 Å². The molecule has 5 rings (SSSR count). The van der Waals surface area contributed by atoms with E-state index < -0.39 is 0 Å². The van der Waals surface area contributed by atoms with Gasteiger partial charge in [0.15, 0.2) is 0 Å². The van der Waals surface area contributed by atoms with E-state index in [9.17, 15) is 0 Å². The standard InChI is InChI=1S/C21H19N5.C2H6/c1-25-12-3-4-17-20(25)10-13-26-14-16(24-21(17)26)7-6-15-8-9-18-19(23-15)5-2-11-22-18;1-2/h2-5,8-11,13-14H,6-7,12H2,1H3;1-2H3. The molecule has 5 heterocycles. The van der Waals surface area contributed by atoms with Gasteiger partial charge in [-0.25, -0.2) is 4.98 Å². The molecule has 0 atom stereocenters. The van der Waals surface area contributed by atoms with E-state index in [0.717, 1.165) is 47.5 Å². The summed E-state index contributed by atoms with van der Waals surface area (Å²) < 4.78 is 2.12. The first kappa shape index (κ1) is 18.2. The first-order valence-electron chi connectivity index (χ1n) is 9.87. The van der Waals surface area contributed by atoms with Gasteiger partial charge in [-0.15, -0.1) is 0 Å². The average Bonchev–Trinajstić information content (AvgIpc) is 3.17. The fourth-order valence-corrected chi connectivity index (χ4v) is 3.55. The van der Waals surface area contributed by atoms with Crippen LogP contribution in [0.5, 0.6) is 0 Å². The SMILES string of the molecule is CC.CN1CC=Cc2c1ccn1cc(CCc3ccc4ncccc4n3)nc21. The van der Waals surface area contributed by atoms with Crippen LogP contribution in [0.15, 0.2) is 55.0 Å². The molecule has 0 N–H and O–H groups in total. The number of hydrogen-bond donors (Lipinski definition) is 0. The lowest BCUT2D eigenvalue weighted by Crippen LogP contribution is -2.20. The smallest absolute Gasteiger partial charge is 0.146 e. The molecular weight excluding hydrogens is 346 g/mol. The van der Waals surface area contributed by atoms with E-state index in [0.29, 0.717) is 0 Å². The molecule has 0 amide bonds. The number of anilines is 1. The number of aromatic nitrogens is 4. The zero-order valence-corrected chi connectivity index (χ0v) is 16.6. The molecule has 0 saturated carbocycles. The predicted molar refractivity (Wildman–Crippen MR) is 116 cm³/mol. The number of aryl methyl sites for hydroxylation is 2. The van der Waals surface area contributed by atoms with E-state index >= 15 is 0 Å². The zero-order valence-electron chi connectivity index (χ0n) is 16.6. The first-order valence-corrected chi connectivity index (χ1v) is 9.87. The third-order valence-electron chi connectivity index (χ3n) is 4.92. The van der Waals surface area contributed by atoms with Gasteiger partial charge in [0.1, 0.15) is 5.65 Å². The van der Waals surface area contributed by atoms with Gasteiger partial charge in [0, 0.05) is 49.1 Å². The second kappa shape index (κ2) is 7.80. The monoisotopic (exact) mass is 371 g/mol. The van der Waals surface area contributed by atoms with Crippen LogP contribution < -0.4 is 4.90 Å². The van der Waals surface area contributed by atoms with Crippen molar-refractivity contribution >= 4 is 28.4 Å². The molecule has 0 saturated heterocycles. The highest BCUT2D eigenvalue weighted by atomic mass is 15.1. The minimum absolute atomic E-state index is 0.868. The summed E-state index contributed by atoms with van der Waals surface area (Å²) in [7, 11) is 2.11. The number of pyridine rings is 3. The van der Waals surface area contributed by atoms with E-state index in [1.807, 2.05) is 32.0 Å². The normalized spacial score (nSPS) is 12.8. The molecule has 0 fully saturated rings. The maximum atomic E-state index is 4.88. The fraction of sp³-hybridized carbons (Fsp3) is 0.261. The van der Waals surface area contributed by atoms with Crippen LogP contribution in [-0.4, -0.2) is 32.9 Å². The highest BCUT2D eigenvalue weighted by Gasteiger charge is 2.14. The lowest BCUT2D eigenvalue weighted by atomic mass is 10.1. The minimum atomic E-state index is 0.868. The van der Waals surface area contributed by atoms with E-state index in [1.54, 1.807) is 6.20 Å². The van der Waals surface area contributed by atoms with Gasteiger partial charge in [-0.1, -0.05) is 26.0 Å². The highest BCUT2D eigenvalue weighted by molar-refractivity contribution is 5.80. The van der Waals surface area contributed by atoms with Crippen LogP contribution in [0.25, 0.3) is 22.8 Å². The zero-order chi connectivity index (χ0) is 19.5. The van der Waals surface area contributed by atoms with Crippen LogP contribution in [-0.2, 0) is 12.8 Å². The van der Waals surface area contributed by atoms with E-state index in [4.69, 9.17) is 9.97 Å². The van der Waals surface area contributed by atoms with Gasteiger partial charge in [-0.2, -0.15) is 0 Å². The Hall–Kier alpha value is -3.21. The molecule has 1 aliphatic heterocycles. The predicted octanol–water partition coefficient (Wildman–Crippen LogP) is 4.55. The van der Waals surface area contributed by atoms with Gasteiger partial charge in [-0.05, 0) is 43.2 Å². The summed E-state index contributed by atoms with van der Waals surface area (Å²) in [5.74, 6) is 0. The molecule has 0 aliphatic carbocycles. The number of imidazole rings is 1. The maximum Gasteiger partial charge on any atom is 0.146 e. The minimum Gasteiger partial charge on any atom is -0.370 e. The third kappa shape index (κ3) is 3.36. The summed E-state index contributed by atoms with van der Waals surface area (Å²) in [6.07, 6.45) is 12.1. The van der Waals surface area contributed by atoms with Crippen molar-refractivity contribution in [3.8, 4) is 0 Å². The number of likely N-dealkylation sites (N-methyl/N-ethyl adjacent to an activating group) is 1. The van der Waals surface area contributed by atoms with Crippen LogP contribution >= 0.6 is 0 Å². The van der Waals surface area contributed by atoms with Gasteiger partial charge < -0.3 is 9.30 Å². The van der Waals surface area contributed by atoms with Crippen molar-refractivity contribution in [3.63, 3.8) is 0 Å². The maximum absolute atomic E-state index is 4.88. The Kier molecular flexibility index (Phi) is 5.06. The Labute approximate surface area is 165 Å². The van der Waals surface area contributed by atoms with Crippen molar-refractivity contribution in [1.82, 2.24) is 19.4 Å². The van der Waals surface area contributed by atoms with Crippen molar-refractivity contribution in [2.24, 2.45) is 0 Å². The van der Waals surface area contributed by atoms with Crippen LogP contribution in [0.4, 0.5) is 5.69 Å². The van der Waals surface area contributed by atoms with Gasteiger partial charge in [0.05, 0.1) is 16.7 Å². The lowest BCUT2D eigenvalue weighted by molar-refractivity contribution is 0.896. The van der Waals surface area contributed by atoms with E-state index in [2.05, 4.69) is 58.0 Å². The van der Waals surface area contributed by atoms with Crippen molar-refractivity contribution in [3.05, 3.63) is 71.9 Å². The molecule has 0 spiro atoms. The summed E-state index contributed by atoms with van der Waals surface area (Å²) >= 11 is 0. The second-order valence-electron chi connectivity index (χ2n) is 6.70. The van der Waals surface area contributed by atoms with Crippen LogP contribution in [0.1, 0.15) is 30.8 Å². The molecule has 1 aliphatic rings. The van der Waals surface area contributed by atoms with Crippen molar-refractivity contribution < 1.29 is 0 Å². The highest BCUT2D eigenvalue weighted by Crippen LogP contribution is 2.28. The summed E-state index contributed by atoms with van der Waals surface area (Å²) in [4.78, 5) is 16.2. The molecule has 4 aromatic rings. The van der Waals surface area contributed by atoms with Gasteiger partial charge in [0.2, 0.25) is 0 Å². The van der Waals surface area contributed by atoms with E-state index in [1.165, 1.54) is 11.3 Å². The number of fused-ring (bicyclic) bond motifs is 4. The molecule has 28 heavy (non-hydrogen) atoms. The average molecular weight is 371 g/mol. The molecular formula is C23H25N5. The molecule has 0 bridgehead atoms. The molecule has 5 nitrogen and oxygen atoms in total. The molecule has 0 aromatic carbocycles. The molecule has 0 radical (unpaired) electrons. The van der Waals surface area contributed by atoms with Crippen LogP contribution in [0.3, 0.4) is 0 Å². The van der Waals surface area contributed by atoms with Gasteiger partial charge in [-0.3, -0.25) is 9.97 Å². The Morgan fingerprint density at radius 3 is 2.71 bits per heavy atom. The second-order valence-corrected chi connectivity index (χ2v) is 6.70. The summed E-state index contributed by atoms with van der Waals surface area (Å²) in [6.45, 7) is 4.94. The summed E-state index contributed by atoms with van der Waals surface area (Å²) in [6, 6.07) is 10.2. The van der Waals surface area contributed by atoms with Gasteiger partial charge in [0.25, 0.3) is 0 Å². The first-order chi connectivity index (χ1) is 13.8. The largest absolute Gasteiger partial charge is 0.370 e. The molecule has 5 heteroatoms.